The van der Waals surface area contributed by atoms with Gasteiger partial charge in [-0.1, -0.05) is 35.9 Å². The van der Waals surface area contributed by atoms with E-state index >= 15 is 0 Å². The van der Waals surface area contributed by atoms with E-state index in [2.05, 4.69) is 26.6 Å². The monoisotopic (exact) mass is 340 g/mol. The zero-order valence-electron chi connectivity index (χ0n) is 9.28. The van der Waals surface area contributed by atoms with E-state index in [1.807, 2.05) is 48.5 Å². The van der Waals surface area contributed by atoms with Crippen LogP contribution in [-0.4, -0.2) is 5.11 Å². The molecule has 2 aromatic carbocycles. The summed E-state index contributed by atoms with van der Waals surface area (Å²) in [6.45, 7) is 0. The lowest BCUT2D eigenvalue weighted by atomic mass is 10.3. The highest BCUT2D eigenvalue weighted by Gasteiger charge is 2.05. The number of hydrogen-bond acceptors (Lipinski definition) is 1. The van der Waals surface area contributed by atoms with Crippen molar-refractivity contribution < 1.29 is 0 Å². The van der Waals surface area contributed by atoms with Crippen LogP contribution in [0.4, 0.5) is 11.4 Å². The second kappa shape index (κ2) is 6.18. The average Bonchev–Trinajstić information content (AvgIpc) is 2.36. The molecule has 0 saturated carbocycles. The zero-order chi connectivity index (χ0) is 13.0. The SMILES string of the molecule is S=C(Nc1ccccc1)Nc1cccc(Cl)c1Br. The molecule has 2 nitrogen and oxygen atoms in total. The van der Waals surface area contributed by atoms with Crippen LogP contribution >= 0.6 is 39.7 Å². The summed E-state index contributed by atoms with van der Waals surface area (Å²) in [4.78, 5) is 0. The van der Waals surface area contributed by atoms with Crippen molar-refractivity contribution in [1.29, 1.82) is 0 Å². The number of halogens is 2. The van der Waals surface area contributed by atoms with Crippen molar-refractivity contribution in [2.45, 2.75) is 0 Å². The Kier molecular flexibility index (Phi) is 4.58. The van der Waals surface area contributed by atoms with E-state index in [9.17, 15) is 0 Å². The highest BCUT2D eigenvalue weighted by atomic mass is 79.9. The lowest BCUT2D eigenvalue weighted by Gasteiger charge is -2.12. The van der Waals surface area contributed by atoms with Crippen molar-refractivity contribution in [3.05, 3.63) is 58.0 Å². The van der Waals surface area contributed by atoms with Crippen molar-refractivity contribution in [1.82, 2.24) is 0 Å². The van der Waals surface area contributed by atoms with E-state index < -0.39 is 0 Å². The van der Waals surface area contributed by atoms with Crippen molar-refractivity contribution in [3.63, 3.8) is 0 Å². The molecular formula is C13H10BrClN2S. The van der Waals surface area contributed by atoms with Crippen LogP contribution in [-0.2, 0) is 0 Å². The van der Waals surface area contributed by atoms with Gasteiger partial charge in [0, 0.05) is 5.69 Å². The third-order valence-electron chi connectivity index (χ3n) is 2.23. The van der Waals surface area contributed by atoms with Crippen molar-refractivity contribution in [3.8, 4) is 0 Å². The number of thiocarbonyl (C=S) groups is 1. The van der Waals surface area contributed by atoms with Gasteiger partial charge in [-0.05, 0) is 52.4 Å². The predicted molar refractivity (Wildman–Crippen MR) is 85.4 cm³/mol. The van der Waals surface area contributed by atoms with Crippen LogP contribution in [0.5, 0.6) is 0 Å². The first-order chi connectivity index (χ1) is 8.66. The Labute approximate surface area is 124 Å². The molecule has 0 atom stereocenters. The number of anilines is 2. The summed E-state index contributed by atoms with van der Waals surface area (Å²) in [5.41, 5.74) is 1.77. The molecule has 0 radical (unpaired) electrons. The average molecular weight is 342 g/mol. The van der Waals surface area contributed by atoms with Gasteiger partial charge in [0.15, 0.2) is 5.11 Å². The summed E-state index contributed by atoms with van der Waals surface area (Å²) in [7, 11) is 0. The fourth-order valence-corrected chi connectivity index (χ4v) is 2.17. The van der Waals surface area contributed by atoms with Gasteiger partial charge in [-0.15, -0.1) is 0 Å². The maximum Gasteiger partial charge on any atom is 0.175 e. The Bertz CT molecular complexity index is 560. The van der Waals surface area contributed by atoms with Gasteiger partial charge in [-0.25, -0.2) is 0 Å². The first-order valence-corrected chi connectivity index (χ1v) is 6.82. The zero-order valence-corrected chi connectivity index (χ0v) is 12.4. The van der Waals surface area contributed by atoms with E-state index in [1.165, 1.54) is 0 Å². The van der Waals surface area contributed by atoms with Crippen LogP contribution in [0.15, 0.2) is 53.0 Å². The molecule has 2 rings (SSSR count). The lowest BCUT2D eigenvalue weighted by Crippen LogP contribution is -2.19. The topological polar surface area (TPSA) is 24.1 Å². The molecule has 5 heteroatoms. The molecule has 2 N–H and O–H groups in total. The van der Waals surface area contributed by atoms with Gasteiger partial charge in [-0.2, -0.15) is 0 Å². The summed E-state index contributed by atoms with van der Waals surface area (Å²) in [6, 6.07) is 15.3. The summed E-state index contributed by atoms with van der Waals surface area (Å²) in [5.74, 6) is 0. The van der Waals surface area contributed by atoms with E-state index in [4.69, 9.17) is 23.8 Å². The van der Waals surface area contributed by atoms with Gasteiger partial charge < -0.3 is 10.6 Å². The minimum absolute atomic E-state index is 0.518. The quantitative estimate of drug-likeness (QED) is 0.759. The molecule has 0 spiro atoms. The molecule has 0 saturated heterocycles. The van der Waals surface area contributed by atoms with Crippen LogP contribution < -0.4 is 10.6 Å². The van der Waals surface area contributed by atoms with Gasteiger partial charge in [0.2, 0.25) is 0 Å². The minimum Gasteiger partial charge on any atom is -0.332 e. The Morgan fingerprint density at radius 2 is 1.72 bits per heavy atom. The van der Waals surface area contributed by atoms with Crippen molar-refractivity contribution in [2.75, 3.05) is 10.6 Å². The molecular weight excluding hydrogens is 332 g/mol. The highest BCUT2D eigenvalue weighted by molar-refractivity contribution is 9.10. The predicted octanol–water partition coefficient (Wildman–Crippen LogP) is 4.91. The first kappa shape index (κ1) is 13.3. The second-order valence-corrected chi connectivity index (χ2v) is 5.15. The molecule has 2 aromatic rings. The minimum atomic E-state index is 0.518. The molecule has 92 valence electrons. The molecule has 0 fully saturated rings. The molecule has 0 aromatic heterocycles. The maximum absolute atomic E-state index is 6.01. The molecule has 0 aliphatic rings. The Balaban J connectivity index is 2.06. The normalized spacial score (nSPS) is 9.89. The summed E-state index contributed by atoms with van der Waals surface area (Å²) in [5, 5.41) is 7.34. The van der Waals surface area contributed by atoms with Crippen LogP contribution in [0.3, 0.4) is 0 Å². The number of nitrogens with one attached hydrogen (secondary N) is 2. The van der Waals surface area contributed by atoms with Crippen LogP contribution in [0.25, 0.3) is 0 Å². The largest absolute Gasteiger partial charge is 0.332 e. The van der Waals surface area contributed by atoms with E-state index in [-0.39, 0.29) is 0 Å². The van der Waals surface area contributed by atoms with E-state index in [0.29, 0.717) is 10.1 Å². The molecule has 0 bridgehead atoms. The molecule has 18 heavy (non-hydrogen) atoms. The van der Waals surface area contributed by atoms with Crippen LogP contribution in [0, 0.1) is 0 Å². The van der Waals surface area contributed by atoms with E-state index in [0.717, 1.165) is 15.8 Å². The maximum atomic E-state index is 6.01. The molecule has 0 aliphatic carbocycles. The van der Waals surface area contributed by atoms with Gasteiger partial charge >= 0.3 is 0 Å². The number of hydrogen-bond donors (Lipinski definition) is 2. The van der Waals surface area contributed by atoms with Gasteiger partial charge in [0.1, 0.15) is 0 Å². The smallest absolute Gasteiger partial charge is 0.175 e. The van der Waals surface area contributed by atoms with Gasteiger partial charge in [0.05, 0.1) is 15.2 Å². The summed E-state index contributed by atoms with van der Waals surface area (Å²) < 4.78 is 0.795. The fraction of sp³-hybridized carbons (Fsp3) is 0. The number of benzene rings is 2. The third kappa shape index (κ3) is 3.45. The van der Waals surface area contributed by atoms with Crippen LogP contribution in [0.2, 0.25) is 5.02 Å². The van der Waals surface area contributed by atoms with Crippen LogP contribution in [0.1, 0.15) is 0 Å². The van der Waals surface area contributed by atoms with Crippen molar-refractivity contribution in [2.24, 2.45) is 0 Å². The van der Waals surface area contributed by atoms with Crippen molar-refractivity contribution >= 4 is 56.2 Å². The molecule has 0 aliphatic heterocycles. The summed E-state index contributed by atoms with van der Waals surface area (Å²) >= 11 is 14.7. The fourth-order valence-electron chi connectivity index (χ4n) is 1.41. The number of para-hydroxylation sites is 1. The Hall–Kier alpha value is -1.10. The number of rotatable bonds is 2. The highest BCUT2D eigenvalue weighted by Crippen LogP contribution is 2.30. The Morgan fingerprint density at radius 3 is 2.44 bits per heavy atom. The van der Waals surface area contributed by atoms with Gasteiger partial charge in [0.25, 0.3) is 0 Å². The van der Waals surface area contributed by atoms with E-state index in [1.54, 1.807) is 0 Å². The lowest BCUT2D eigenvalue weighted by molar-refractivity contribution is 1.57. The first-order valence-electron chi connectivity index (χ1n) is 5.24. The van der Waals surface area contributed by atoms with Gasteiger partial charge in [-0.3, -0.25) is 0 Å². The third-order valence-corrected chi connectivity index (χ3v) is 3.83. The Morgan fingerprint density at radius 1 is 1.00 bits per heavy atom. The molecule has 0 unspecified atom stereocenters. The standard InChI is InChI=1S/C13H10BrClN2S/c14-12-10(15)7-4-8-11(12)17-13(18)16-9-5-2-1-3-6-9/h1-8H,(H2,16,17,18). The second-order valence-electron chi connectivity index (χ2n) is 3.55. The summed E-state index contributed by atoms with van der Waals surface area (Å²) in [6.07, 6.45) is 0. The molecule has 0 amide bonds. The molecule has 0 heterocycles.